The smallest absolute Gasteiger partial charge is 0.352 e. The Hall–Kier alpha value is -2.23. The van der Waals surface area contributed by atoms with Gasteiger partial charge in [0.1, 0.15) is 5.82 Å². The minimum Gasteiger partial charge on any atom is -0.352 e. The van der Waals surface area contributed by atoms with E-state index in [0.29, 0.717) is 16.9 Å². The molecule has 3 heterocycles. The maximum atomic E-state index is 12.8. The second kappa shape index (κ2) is 5.20. The summed E-state index contributed by atoms with van der Waals surface area (Å²) in [4.78, 5) is 6.04. The average molecular weight is 328 g/mol. The predicted molar refractivity (Wildman–Crippen MR) is 74.7 cm³/mol. The van der Waals surface area contributed by atoms with Crippen LogP contribution in [-0.2, 0) is 12.7 Å². The lowest BCUT2D eigenvalue weighted by atomic mass is 10.4. The van der Waals surface area contributed by atoms with E-state index in [2.05, 4.69) is 20.3 Å². The largest absolute Gasteiger partial charge is 0.453 e. The molecule has 22 heavy (non-hydrogen) atoms. The van der Waals surface area contributed by atoms with Gasteiger partial charge in [-0.2, -0.15) is 17.7 Å². The predicted octanol–water partition coefficient (Wildman–Crippen LogP) is 2.54. The van der Waals surface area contributed by atoms with E-state index < -0.39 is 12.0 Å². The third-order valence-corrected chi connectivity index (χ3v) is 3.78. The first-order chi connectivity index (χ1) is 10.3. The van der Waals surface area contributed by atoms with Crippen LogP contribution < -0.4 is 4.90 Å². The van der Waals surface area contributed by atoms with E-state index in [-0.39, 0.29) is 5.65 Å². The molecule has 0 spiro atoms. The summed E-state index contributed by atoms with van der Waals surface area (Å²) in [6.07, 6.45) is -4.60. The Kier molecular flexibility index (Phi) is 3.47. The Balaban J connectivity index is 1.93. The van der Waals surface area contributed by atoms with E-state index in [4.69, 9.17) is 0 Å². The average Bonchev–Trinajstić information content (AvgIpc) is 3.03. The molecule has 0 saturated heterocycles. The van der Waals surface area contributed by atoms with Gasteiger partial charge in [0.15, 0.2) is 5.65 Å². The summed E-state index contributed by atoms with van der Waals surface area (Å²) in [6, 6.07) is 3.05. The topological polar surface area (TPSA) is 59.2 Å². The fourth-order valence-electron chi connectivity index (χ4n) is 1.96. The Morgan fingerprint density at radius 2 is 2.05 bits per heavy atom. The van der Waals surface area contributed by atoms with Crippen LogP contribution in [0.15, 0.2) is 17.5 Å². The summed E-state index contributed by atoms with van der Waals surface area (Å²) < 4.78 is 39.3. The fourth-order valence-corrected chi connectivity index (χ4v) is 2.57. The first kappa shape index (κ1) is 14.7. The summed E-state index contributed by atoms with van der Waals surface area (Å²) >= 11 is 1.52. The number of anilines is 1. The molecule has 3 rings (SSSR count). The number of aryl methyl sites for hydroxylation is 1. The molecule has 0 unspecified atom stereocenters. The summed E-state index contributed by atoms with van der Waals surface area (Å²) in [7, 11) is 1.74. The van der Waals surface area contributed by atoms with E-state index >= 15 is 0 Å². The Morgan fingerprint density at radius 1 is 1.27 bits per heavy atom. The van der Waals surface area contributed by atoms with Crippen molar-refractivity contribution in [2.45, 2.75) is 19.6 Å². The number of fused-ring (bicyclic) bond motifs is 1. The zero-order valence-electron chi connectivity index (χ0n) is 11.7. The first-order valence-electron chi connectivity index (χ1n) is 6.26. The molecule has 0 atom stereocenters. The number of halogens is 3. The number of hydrogen-bond acceptors (Lipinski definition) is 6. The van der Waals surface area contributed by atoms with Crippen molar-refractivity contribution in [2.24, 2.45) is 0 Å². The molecule has 0 aliphatic rings. The Bertz CT molecular complexity index is 809. The molecule has 6 nitrogen and oxygen atoms in total. The molecule has 0 radical (unpaired) electrons. The van der Waals surface area contributed by atoms with Gasteiger partial charge in [0.2, 0.25) is 0 Å². The van der Waals surface area contributed by atoms with Crippen molar-refractivity contribution in [1.82, 2.24) is 24.8 Å². The van der Waals surface area contributed by atoms with Crippen molar-refractivity contribution >= 4 is 22.8 Å². The van der Waals surface area contributed by atoms with Crippen LogP contribution in [0.25, 0.3) is 5.65 Å². The summed E-state index contributed by atoms with van der Waals surface area (Å²) in [5, 5.41) is 13.4. The monoisotopic (exact) mass is 328 g/mol. The third-order valence-electron chi connectivity index (χ3n) is 2.96. The number of aromatic nitrogens is 5. The van der Waals surface area contributed by atoms with Gasteiger partial charge in [0, 0.05) is 12.4 Å². The lowest BCUT2D eigenvalue weighted by Crippen LogP contribution is -2.20. The third kappa shape index (κ3) is 2.73. The molecule has 0 N–H and O–H groups in total. The van der Waals surface area contributed by atoms with Gasteiger partial charge in [0.05, 0.1) is 17.2 Å². The summed E-state index contributed by atoms with van der Waals surface area (Å²) in [5.74, 6) is -0.759. The van der Waals surface area contributed by atoms with Crippen LogP contribution in [-0.4, -0.2) is 31.8 Å². The van der Waals surface area contributed by atoms with E-state index in [1.165, 1.54) is 17.4 Å². The molecule has 3 aromatic heterocycles. The van der Waals surface area contributed by atoms with Crippen LogP contribution in [0.5, 0.6) is 0 Å². The number of alkyl halides is 3. The maximum absolute atomic E-state index is 12.8. The van der Waals surface area contributed by atoms with Crippen LogP contribution in [0.3, 0.4) is 0 Å². The number of thiazole rings is 1. The maximum Gasteiger partial charge on any atom is 0.453 e. The number of hydrogen-bond donors (Lipinski definition) is 0. The van der Waals surface area contributed by atoms with E-state index in [9.17, 15) is 13.2 Å². The van der Waals surface area contributed by atoms with Crippen molar-refractivity contribution in [2.75, 3.05) is 11.9 Å². The van der Waals surface area contributed by atoms with Crippen LogP contribution in [0.1, 0.15) is 16.5 Å². The van der Waals surface area contributed by atoms with Gasteiger partial charge in [-0.3, -0.25) is 0 Å². The standard InChI is InChI=1S/C12H11F3N6S/c1-7-16-8(6-22-7)5-20(2)10-4-3-9-17-18-11(12(13,14)15)21(9)19-10/h3-4,6H,5H2,1-2H3. The van der Waals surface area contributed by atoms with Gasteiger partial charge in [-0.15, -0.1) is 26.6 Å². The SMILES string of the molecule is Cc1nc(CN(C)c2ccc3nnc(C(F)(F)F)n3n2)cs1. The highest BCUT2D eigenvalue weighted by Crippen LogP contribution is 2.28. The van der Waals surface area contributed by atoms with Gasteiger partial charge < -0.3 is 4.90 Å². The highest BCUT2D eigenvalue weighted by Gasteiger charge is 2.37. The molecule has 0 aliphatic carbocycles. The van der Waals surface area contributed by atoms with Crippen molar-refractivity contribution < 1.29 is 13.2 Å². The second-order valence-corrected chi connectivity index (χ2v) is 5.76. The minimum absolute atomic E-state index is 0.0500. The van der Waals surface area contributed by atoms with E-state index in [1.54, 1.807) is 18.0 Å². The molecule has 0 saturated carbocycles. The number of nitrogens with zero attached hydrogens (tertiary/aromatic N) is 6. The molecule has 0 aromatic carbocycles. The number of rotatable bonds is 3. The fraction of sp³-hybridized carbons (Fsp3) is 0.333. The molecule has 3 aromatic rings. The highest BCUT2D eigenvalue weighted by molar-refractivity contribution is 7.09. The zero-order chi connectivity index (χ0) is 15.9. The molecule has 0 bridgehead atoms. The molecule has 10 heteroatoms. The van der Waals surface area contributed by atoms with E-state index in [1.807, 2.05) is 12.3 Å². The van der Waals surface area contributed by atoms with Crippen LogP contribution >= 0.6 is 11.3 Å². The summed E-state index contributed by atoms with van der Waals surface area (Å²) in [5.41, 5.74) is 0.890. The lowest BCUT2D eigenvalue weighted by Gasteiger charge is -2.16. The van der Waals surface area contributed by atoms with Gasteiger partial charge in [-0.1, -0.05) is 0 Å². The molecular formula is C12H11F3N6S. The Morgan fingerprint density at radius 3 is 2.68 bits per heavy atom. The van der Waals surface area contributed by atoms with Crippen molar-refractivity contribution in [3.05, 3.63) is 34.0 Å². The second-order valence-electron chi connectivity index (χ2n) is 4.70. The Labute approximate surface area is 127 Å². The van der Waals surface area contributed by atoms with E-state index in [0.717, 1.165) is 10.7 Å². The lowest BCUT2D eigenvalue weighted by molar-refractivity contribution is -0.146. The molecule has 0 amide bonds. The molecule has 0 aliphatic heterocycles. The van der Waals surface area contributed by atoms with Gasteiger partial charge >= 0.3 is 6.18 Å². The molecule has 0 fully saturated rings. The quantitative estimate of drug-likeness (QED) is 0.739. The van der Waals surface area contributed by atoms with Crippen LogP contribution in [0.2, 0.25) is 0 Å². The summed E-state index contributed by atoms with van der Waals surface area (Å²) in [6.45, 7) is 2.34. The molecular weight excluding hydrogens is 317 g/mol. The van der Waals surface area contributed by atoms with Crippen LogP contribution in [0.4, 0.5) is 19.0 Å². The normalized spacial score (nSPS) is 12.0. The first-order valence-corrected chi connectivity index (χ1v) is 7.14. The van der Waals surface area contributed by atoms with Crippen molar-refractivity contribution in [1.29, 1.82) is 0 Å². The van der Waals surface area contributed by atoms with Gasteiger partial charge in [-0.25, -0.2) is 4.98 Å². The van der Waals surface area contributed by atoms with Crippen molar-refractivity contribution in [3.8, 4) is 0 Å². The zero-order valence-corrected chi connectivity index (χ0v) is 12.5. The minimum atomic E-state index is -4.60. The molecule has 116 valence electrons. The highest BCUT2D eigenvalue weighted by atomic mass is 32.1. The van der Waals surface area contributed by atoms with Gasteiger partial charge in [-0.05, 0) is 19.1 Å². The van der Waals surface area contributed by atoms with Crippen LogP contribution in [0, 0.1) is 6.92 Å². The van der Waals surface area contributed by atoms with Crippen molar-refractivity contribution in [3.63, 3.8) is 0 Å². The van der Waals surface area contributed by atoms with Gasteiger partial charge in [0.25, 0.3) is 5.82 Å².